The first-order valence-electron chi connectivity index (χ1n) is 1.72. The number of rotatable bonds is 2. The largest absolute Gasteiger partial charge is 0.110 e. The molecule has 38 valence electrons. The number of alkyl halides is 1. The number of halogens is 2. The highest BCUT2D eigenvalue weighted by atomic mass is 35.7. The minimum atomic E-state index is 0.0895. The monoisotopic (exact) mass is 144 g/mol. The molecule has 6 heavy (non-hydrogen) atoms. The molecule has 0 heterocycles. The fourth-order valence-corrected chi connectivity index (χ4v) is 0.567. The molecule has 0 aromatic carbocycles. The summed E-state index contributed by atoms with van der Waals surface area (Å²) in [5.41, 5.74) is 0. The van der Waals surface area contributed by atoms with Crippen LogP contribution in [-0.2, 0) is 0 Å². The van der Waals surface area contributed by atoms with E-state index in [4.69, 9.17) is 22.3 Å². The Bertz CT molecular complexity index is 28.0. The van der Waals surface area contributed by atoms with E-state index >= 15 is 0 Å². The van der Waals surface area contributed by atoms with Gasteiger partial charge in [0.05, 0.1) is 4.71 Å². The second kappa shape index (κ2) is 4.10. The van der Waals surface area contributed by atoms with E-state index in [1.807, 2.05) is 6.92 Å². The Kier molecular flexibility index (Phi) is 4.73. The van der Waals surface area contributed by atoms with E-state index in [-0.39, 0.29) is 4.71 Å². The quantitative estimate of drug-likeness (QED) is 0.538. The molecule has 0 saturated heterocycles. The highest BCUT2D eigenvalue weighted by Gasteiger charge is 1.94. The van der Waals surface area contributed by atoms with Crippen LogP contribution < -0.4 is 0 Å². The van der Waals surface area contributed by atoms with Gasteiger partial charge in [-0.3, -0.25) is 0 Å². The molecule has 3 heteroatoms. The molecule has 0 spiro atoms. The number of hydrogen-bond donors (Lipinski definition) is 0. The van der Waals surface area contributed by atoms with E-state index in [1.54, 1.807) is 0 Å². The van der Waals surface area contributed by atoms with Crippen LogP contribution in [-0.4, -0.2) is 4.71 Å². The molecule has 0 aliphatic carbocycles. The van der Waals surface area contributed by atoms with E-state index in [0.29, 0.717) is 0 Å². The molecule has 1 atom stereocenters. The predicted octanol–water partition coefficient (Wildman–Crippen LogP) is 2.85. The molecule has 0 N–H and O–H groups in total. The summed E-state index contributed by atoms with van der Waals surface area (Å²) in [4.78, 5) is 0. The average Bonchev–Trinajstić information content (AvgIpc) is 1.65. The van der Waals surface area contributed by atoms with Gasteiger partial charge in [0.2, 0.25) is 0 Å². The molecular weight excluding hydrogens is 139 g/mol. The van der Waals surface area contributed by atoms with Gasteiger partial charge < -0.3 is 0 Å². The van der Waals surface area contributed by atoms with Crippen LogP contribution in [0.2, 0.25) is 0 Å². The summed E-state index contributed by atoms with van der Waals surface area (Å²) in [6.07, 6.45) is 0.926. The van der Waals surface area contributed by atoms with Gasteiger partial charge in [-0.15, -0.1) is 11.6 Å². The maximum Gasteiger partial charge on any atom is 0.0937 e. The van der Waals surface area contributed by atoms with Crippen molar-refractivity contribution in [3.8, 4) is 0 Å². The lowest BCUT2D eigenvalue weighted by Gasteiger charge is -1.93. The lowest BCUT2D eigenvalue weighted by atomic mass is 10.6. The van der Waals surface area contributed by atoms with Crippen LogP contribution in [0, 0.1) is 0 Å². The summed E-state index contributed by atoms with van der Waals surface area (Å²) < 4.78 is 0.0895. The van der Waals surface area contributed by atoms with Crippen molar-refractivity contribution < 1.29 is 0 Å². The molecular formula is C3H6Cl2S. The third-order valence-corrected chi connectivity index (χ3v) is 2.44. The fraction of sp³-hybridized carbons (Fsp3) is 1.00. The van der Waals surface area contributed by atoms with Crippen molar-refractivity contribution >= 4 is 33.3 Å². The standard InChI is InChI=1S/C3H6Cl2S/c1-2-3(4)6-5/h3H,2H2,1H3. The number of hydrogen-bond acceptors (Lipinski definition) is 1. The molecule has 0 amide bonds. The zero-order valence-corrected chi connectivity index (χ0v) is 5.78. The topological polar surface area (TPSA) is 0 Å². The maximum atomic E-state index is 5.48. The summed E-state index contributed by atoms with van der Waals surface area (Å²) in [5, 5.41) is 0. The first kappa shape index (κ1) is 6.93. The lowest BCUT2D eigenvalue weighted by Crippen LogP contribution is -1.80. The lowest BCUT2D eigenvalue weighted by molar-refractivity contribution is 1.05. The van der Waals surface area contributed by atoms with Gasteiger partial charge in [0.25, 0.3) is 0 Å². The van der Waals surface area contributed by atoms with Crippen LogP contribution in [0.1, 0.15) is 13.3 Å². The molecule has 0 aromatic rings. The molecule has 0 aliphatic rings. The van der Waals surface area contributed by atoms with Gasteiger partial charge in [-0.2, -0.15) is 0 Å². The van der Waals surface area contributed by atoms with E-state index in [9.17, 15) is 0 Å². The Hall–Kier alpha value is 0.930. The molecule has 0 aliphatic heterocycles. The van der Waals surface area contributed by atoms with Gasteiger partial charge in [-0.05, 0) is 28.1 Å². The SMILES string of the molecule is CCC(Cl)SCl. The van der Waals surface area contributed by atoms with Crippen LogP contribution in [0.15, 0.2) is 0 Å². The molecule has 0 aromatic heterocycles. The summed E-state index contributed by atoms with van der Waals surface area (Å²) >= 11 is 5.48. The van der Waals surface area contributed by atoms with Crippen LogP contribution in [0.3, 0.4) is 0 Å². The third-order valence-electron chi connectivity index (χ3n) is 0.418. The fourth-order valence-electron chi connectivity index (χ4n) is 0.0630. The van der Waals surface area contributed by atoms with Gasteiger partial charge in [-0.25, -0.2) is 0 Å². The van der Waals surface area contributed by atoms with Crippen LogP contribution in [0.4, 0.5) is 0 Å². The summed E-state index contributed by atoms with van der Waals surface area (Å²) in [6.45, 7) is 1.99. The third kappa shape index (κ3) is 3.13. The highest BCUT2D eigenvalue weighted by Crippen LogP contribution is 2.21. The predicted molar refractivity (Wildman–Crippen MR) is 33.4 cm³/mol. The van der Waals surface area contributed by atoms with Gasteiger partial charge >= 0.3 is 0 Å². The molecule has 0 saturated carbocycles. The maximum absolute atomic E-state index is 5.48. The van der Waals surface area contributed by atoms with Gasteiger partial charge in [-0.1, -0.05) is 6.92 Å². The van der Waals surface area contributed by atoms with Crippen molar-refractivity contribution in [2.75, 3.05) is 0 Å². The van der Waals surface area contributed by atoms with Crippen molar-refractivity contribution in [1.82, 2.24) is 0 Å². The highest BCUT2D eigenvalue weighted by molar-refractivity contribution is 8.22. The second-order valence-corrected chi connectivity index (χ2v) is 2.97. The smallest absolute Gasteiger partial charge is 0.0937 e. The Balaban J connectivity index is 2.75. The van der Waals surface area contributed by atoms with Gasteiger partial charge in [0, 0.05) is 0 Å². The Morgan fingerprint density at radius 1 is 1.83 bits per heavy atom. The van der Waals surface area contributed by atoms with Gasteiger partial charge in [0.15, 0.2) is 0 Å². The van der Waals surface area contributed by atoms with Gasteiger partial charge in [0.1, 0.15) is 0 Å². The zero-order valence-electron chi connectivity index (χ0n) is 3.45. The summed E-state index contributed by atoms with van der Waals surface area (Å²) in [5.74, 6) is 0. The van der Waals surface area contributed by atoms with E-state index < -0.39 is 0 Å². The van der Waals surface area contributed by atoms with Crippen molar-refractivity contribution in [2.45, 2.75) is 18.1 Å². The second-order valence-electron chi connectivity index (χ2n) is 0.907. The molecule has 0 bridgehead atoms. The first-order valence-corrected chi connectivity index (χ1v) is 3.87. The minimum absolute atomic E-state index is 0.0895. The van der Waals surface area contributed by atoms with Crippen molar-refractivity contribution in [1.29, 1.82) is 0 Å². The molecule has 0 nitrogen and oxygen atoms in total. The van der Waals surface area contributed by atoms with Crippen molar-refractivity contribution in [2.24, 2.45) is 0 Å². The van der Waals surface area contributed by atoms with Crippen molar-refractivity contribution in [3.05, 3.63) is 0 Å². The Labute approximate surface area is 51.7 Å². The molecule has 1 unspecified atom stereocenters. The van der Waals surface area contributed by atoms with Crippen LogP contribution in [0.5, 0.6) is 0 Å². The minimum Gasteiger partial charge on any atom is -0.110 e. The van der Waals surface area contributed by atoms with E-state index in [1.165, 1.54) is 0 Å². The van der Waals surface area contributed by atoms with E-state index in [2.05, 4.69) is 0 Å². The Morgan fingerprint density at radius 2 is 2.33 bits per heavy atom. The normalized spacial score (nSPS) is 14.5. The van der Waals surface area contributed by atoms with Crippen LogP contribution in [0.25, 0.3) is 0 Å². The van der Waals surface area contributed by atoms with E-state index in [0.717, 1.165) is 17.4 Å². The summed E-state index contributed by atoms with van der Waals surface area (Å²) in [7, 11) is 6.40. The molecule has 0 rings (SSSR count). The van der Waals surface area contributed by atoms with Crippen LogP contribution >= 0.6 is 33.3 Å². The van der Waals surface area contributed by atoms with Crippen molar-refractivity contribution in [3.63, 3.8) is 0 Å². The zero-order chi connectivity index (χ0) is 4.99. The summed E-state index contributed by atoms with van der Waals surface area (Å²) in [6, 6.07) is 0. The first-order chi connectivity index (χ1) is 2.81. The molecule has 0 radical (unpaired) electrons. The average molecular weight is 145 g/mol. The Morgan fingerprint density at radius 3 is 2.33 bits per heavy atom. The molecule has 0 fully saturated rings.